The van der Waals surface area contributed by atoms with Crippen molar-refractivity contribution < 1.29 is 9.59 Å². The number of carbonyl (C=O) groups is 2. The molecule has 1 atom stereocenters. The third-order valence-corrected chi connectivity index (χ3v) is 6.67. The quantitative estimate of drug-likeness (QED) is 0.464. The Morgan fingerprint density at radius 3 is 2.38 bits per heavy atom. The highest BCUT2D eigenvalue weighted by atomic mass is 35.5. The molecule has 1 aliphatic carbocycles. The first-order chi connectivity index (χ1) is 16.5. The minimum absolute atomic E-state index is 0.109. The molecule has 0 saturated heterocycles. The Bertz CT molecular complexity index is 1110. The van der Waals surface area contributed by atoms with Crippen molar-refractivity contribution >= 4 is 23.4 Å². The summed E-state index contributed by atoms with van der Waals surface area (Å²) in [5.41, 5.74) is 2.95. The molecule has 6 heteroatoms. The van der Waals surface area contributed by atoms with Gasteiger partial charge in [0.25, 0.3) is 5.91 Å². The van der Waals surface area contributed by atoms with E-state index in [2.05, 4.69) is 10.3 Å². The lowest BCUT2D eigenvalue weighted by Gasteiger charge is -2.33. The number of pyridine rings is 1. The molecule has 4 rings (SSSR count). The first-order valence-corrected chi connectivity index (χ1v) is 12.2. The Hall–Kier alpha value is -3.18. The normalized spacial score (nSPS) is 14.9. The molecular weight excluding hydrogens is 446 g/mol. The van der Waals surface area contributed by atoms with Crippen molar-refractivity contribution in [2.45, 2.75) is 57.7 Å². The van der Waals surface area contributed by atoms with E-state index in [4.69, 9.17) is 11.6 Å². The van der Waals surface area contributed by atoms with Crippen LogP contribution in [0.25, 0.3) is 0 Å². The number of amides is 2. The number of hydrogen-bond acceptors (Lipinski definition) is 3. The first kappa shape index (κ1) is 24.0. The van der Waals surface area contributed by atoms with Crippen molar-refractivity contribution in [1.29, 1.82) is 0 Å². The Balaban J connectivity index is 1.75. The van der Waals surface area contributed by atoms with Gasteiger partial charge in [-0.3, -0.25) is 14.6 Å². The molecular formula is C28H30ClN3O2. The Labute approximate surface area is 206 Å². The molecule has 1 heterocycles. The zero-order valence-corrected chi connectivity index (χ0v) is 20.2. The molecule has 1 fully saturated rings. The Morgan fingerprint density at radius 1 is 1.00 bits per heavy atom. The lowest BCUT2D eigenvalue weighted by Crippen LogP contribution is -2.47. The van der Waals surface area contributed by atoms with Gasteiger partial charge in [0.1, 0.15) is 11.7 Å². The van der Waals surface area contributed by atoms with Crippen LogP contribution in [0.3, 0.4) is 0 Å². The van der Waals surface area contributed by atoms with Gasteiger partial charge in [-0.05, 0) is 43.5 Å². The first-order valence-electron chi connectivity index (χ1n) is 11.9. The maximum absolute atomic E-state index is 13.8. The molecule has 0 spiro atoms. The molecule has 0 aliphatic heterocycles. The third-order valence-electron chi connectivity index (χ3n) is 6.33. The predicted molar refractivity (Wildman–Crippen MR) is 134 cm³/mol. The van der Waals surface area contributed by atoms with E-state index in [0.717, 1.165) is 36.8 Å². The molecule has 0 unspecified atom stereocenters. The highest BCUT2D eigenvalue weighted by molar-refractivity contribution is 6.31. The van der Waals surface area contributed by atoms with Crippen molar-refractivity contribution in [3.05, 3.63) is 100 Å². The van der Waals surface area contributed by atoms with E-state index in [1.807, 2.05) is 49.4 Å². The number of hydrogen-bond donors (Lipinski definition) is 1. The number of nitrogens with one attached hydrogen (secondary N) is 1. The van der Waals surface area contributed by atoms with Gasteiger partial charge in [-0.15, -0.1) is 0 Å². The van der Waals surface area contributed by atoms with E-state index in [1.165, 1.54) is 6.42 Å². The number of halogens is 1. The van der Waals surface area contributed by atoms with Crippen LogP contribution in [0.4, 0.5) is 0 Å². The van der Waals surface area contributed by atoms with Crippen LogP contribution in [0, 0.1) is 6.92 Å². The van der Waals surface area contributed by atoms with Crippen molar-refractivity contribution in [2.24, 2.45) is 0 Å². The molecule has 3 aromatic rings. The van der Waals surface area contributed by atoms with Gasteiger partial charge in [0.2, 0.25) is 5.91 Å². The Kier molecular flexibility index (Phi) is 7.96. The number of benzene rings is 2. The minimum Gasteiger partial charge on any atom is -0.351 e. The van der Waals surface area contributed by atoms with Crippen molar-refractivity contribution in [3.63, 3.8) is 0 Å². The van der Waals surface area contributed by atoms with E-state index in [1.54, 1.807) is 35.4 Å². The summed E-state index contributed by atoms with van der Waals surface area (Å²) in [7, 11) is 0. The smallest absolute Gasteiger partial charge is 0.273 e. The largest absolute Gasteiger partial charge is 0.351 e. The summed E-state index contributed by atoms with van der Waals surface area (Å²) >= 11 is 6.59. The van der Waals surface area contributed by atoms with Gasteiger partial charge in [-0.1, -0.05) is 85.0 Å². The monoisotopic (exact) mass is 475 g/mol. The van der Waals surface area contributed by atoms with E-state index in [9.17, 15) is 9.59 Å². The second kappa shape index (κ2) is 11.3. The maximum atomic E-state index is 13.8. The summed E-state index contributed by atoms with van der Waals surface area (Å²) in [4.78, 5) is 33.4. The zero-order valence-electron chi connectivity index (χ0n) is 19.4. The van der Waals surface area contributed by atoms with Crippen LogP contribution in [0.1, 0.15) is 65.3 Å². The summed E-state index contributed by atoms with van der Waals surface area (Å²) in [5, 5.41) is 3.67. The number of carbonyl (C=O) groups excluding carboxylic acids is 2. The summed E-state index contributed by atoms with van der Waals surface area (Å²) in [5.74, 6) is -0.527. The number of nitrogens with zero attached hydrogens (tertiary/aromatic N) is 2. The number of rotatable bonds is 7. The average molecular weight is 476 g/mol. The summed E-state index contributed by atoms with van der Waals surface area (Å²) < 4.78 is 0. The molecule has 0 bridgehead atoms. The van der Waals surface area contributed by atoms with Gasteiger partial charge < -0.3 is 10.2 Å². The summed E-state index contributed by atoms with van der Waals surface area (Å²) in [6.07, 6.45) is 6.88. The van der Waals surface area contributed by atoms with Crippen molar-refractivity contribution in [3.8, 4) is 0 Å². The maximum Gasteiger partial charge on any atom is 0.273 e. The lowest BCUT2D eigenvalue weighted by molar-refractivity contribution is -0.127. The van der Waals surface area contributed by atoms with Crippen molar-refractivity contribution in [1.82, 2.24) is 15.2 Å². The number of aromatic nitrogens is 1. The van der Waals surface area contributed by atoms with E-state index >= 15 is 0 Å². The van der Waals surface area contributed by atoms with Crippen LogP contribution in [0.5, 0.6) is 0 Å². The molecule has 176 valence electrons. The van der Waals surface area contributed by atoms with Crippen molar-refractivity contribution in [2.75, 3.05) is 0 Å². The van der Waals surface area contributed by atoms with Gasteiger partial charge in [0.15, 0.2) is 0 Å². The van der Waals surface area contributed by atoms with Gasteiger partial charge in [-0.2, -0.15) is 0 Å². The van der Waals surface area contributed by atoms with Crippen LogP contribution < -0.4 is 5.32 Å². The van der Waals surface area contributed by atoms with Crippen LogP contribution in [-0.4, -0.2) is 27.7 Å². The molecule has 1 aromatic heterocycles. The summed E-state index contributed by atoms with van der Waals surface area (Å²) in [6, 6.07) is 19.7. The van der Waals surface area contributed by atoms with E-state index < -0.39 is 6.04 Å². The van der Waals surface area contributed by atoms with Gasteiger partial charge in [0.05, 0.1) is 0 Å². The fraction of sp³-hybridized carbons (Fsp3) is 0.321. The van der Waals surface area contributed by atoms with Gasteiger partial charge in [0, 0.05) is 29.4 Å². The molecule has 34 heavy (non-hydrogen) atoms. The average Bonchev–Trinajstić information content (AvgIpc) is 2.86. The number of aryl methyl sites for hydroxylation is 1. The highest BCUT2D eigenvalue weighted by Gasteiger charge is 2.35. The molecule has 1 saturated carbocycles. The van der Waals surface area contributed by atoms with Crippen LogP contribution in [0.2, 0.25) is 5.02 Å². The molecule has 5 nitrogen and oxygen atoms in total. The fourth-order valence-corrected chi connectivity index (χ4v) is 4.72. The SMILES string of the molecule is Cc1ccc(CN(C(=O)c2ccccn2)[C@@H](C(=O)NC2CCCCC2)c2ccccc2Cl)cc1. The third kappa shape index (κ3) is 5.84. The molecule has 1 N–H and O–H groups in total. The lowest BCUT2D eigenvalue weighted by atomic mass is 9.94. The second-order valence-electron chi connectivity index (χ2n) is 8.90. The Morgan fingerprint density at radius 2 is 1.71 bits per heavy atom. The fourth-order valence-electron chi connectivity index (χ4n) is 4.48. The predicted octanol–water partition coefficient (Wildman–Crippen LogP) is 5.88. The van der Waals surface area contributed by atoms with Gasteiger partial charge in [-0.25, -0.2) is 0 Å². The van der Waals surface area contributed by atoms with E-state index in [-0.39, 0.29) is 30.1 Å². The standard InChI is InChI=1S/C28H30ClN3O2/c1-20-14-16-21(17-15-20)19-32(28(34)25-13-7-8-18-30-25)26(23-11-5-6-12-24(23)29)27(33)31-22-9-3-2-4-10-22/h5-8,11-18,22,26H,2-4,9-10,19H2,1H3,(H,31,33)/t26-/m1/s1. The molecule has 2 amide bonds. The van der Waals surface area contributed by atoms with E-state index in [0.29, 0.717) is 10.6 Å². The van der Waals surface area contributed by atoms with Crippen LogP contribution in [-0.2, 0) is 11.3 Å². The minimum atomic E-state index is -0.883. The molecule has 0 radical (unpaired) electrons. The highest BCUT2D eigenvalue weighted by Crippen LogP contribution is 2.31. The van der Waals surface area contributed by atoms with Gasteiger partial charge >= 0.3 is 0 Å². The van der Waals surface area contributed by atoms with Crippen LogP contribution >= 0.6 is 11.6 Å². The van der Waals surface area contributed by atoms with Crippen LogP contribution in [0.15, 0.2) is 72.9 Å². The molecule has 2 aromatic carbocycles. The summed E-state index contributed by atoms with van der Waals surface area (Å²) in [6.45, 7) is 2.27. The zero-order chi connectivity index (χ0) is 23.9. The molecule has 1 aliphatic rings. The second-order valence-corrected chi connectivity index (χ2v) is 9.31. The topological polar surface area (TPSA) is 62.3 Å².